The average Bonchev–Trinajstić information content (AvgIpc) is 2.79. The lowest BCUT2D eigenvalue weighted by Crippen LogP contribution is -2.49. The van der Waals surface area contributed by atoms with Gasteiger partial charge in [0, 0.05) is 41.8 Å². The Kier molecular flexibility index (Phi) is 6.53. The third-order valence-electron chi connectivity index (χ3n) is 5.43. The first kappa shape index (κ1) is 22.3. The number of halogens is 2. The second-order valence-electron chi connectivity index (χ2n) is 7.94. The highest BCUT2D eigenvalue weighted by Gasteiger charge is 2.27. The van der Waals surface area contributed by atoms with E-state index in [9.17, 15) is 18.4 Å². The molecule has 0 aliphatic carbocycles. The molecule has 1 aliphatic rings. The Morgan fingerprint density at radius 3 is 2.18 bits per heavy atom. The molecular formula is C25H24F2N4O2. The minimum Gasteiger partial charge on any atom is -0.320 e. The first-order chi connectivity index (χ1) is 15.9. The summed E-state index contributed by atoms with van der Waals surface area (Å²) >= 11 is 0. The van der Waals surface area contributed by atoms with Gasteiger partial charge in [-0.15, -0.1) is 0 Å². The lowest BCUT2D eigenvalue weighted by Gasteiger charge is -2.35. The second-order valence-corrected chi connectivity index (χ2v) is 7.94. The number of urea groups is 2. The minimum atomic E-state index is -0.667. The van der Waals surface area contributed by atoms with Crippen molar-refractivity contribution in [1.29, 1.82) is 0 Å². The van der Waals surface area contributed by atoms with Crippen LogP contribution in [0, 0.1) is 18.6 Å². The van der Waals surface area contributed by atoms with Crippen molar-refractivity contribution >= 4 is 29.1 Å². The number of hydrogen-bond acceptors (Lipinski definition) is 2. The predicted octanol–water partition coefficient (Wildman–Crippen LogP) is 5.75. The normalized spacial score (nSPS) is 13.7. The van der Waals surface area contributed by atoms with Gasteiger partial charge in [-0.1, -0.05) is 23.8 Å². The third-order valence-corrected chi connectivity index (χ3v) is 5.43. The maximum atomic E-state index is 14.0. The van der Waals surface area contributed by atoms with Gasteiger partial charge in [0.15, 0.2) is 0 Å². The Balaban J connectivity index is 1.38. The van der Waals surface area contributed by atoms with Crippen molar-refractivity contribution in [1.82, 2.24) is 4.90 Å². The molecule has 8 heteroatoms. The Labute approximate surface area is 190 Å². The number of anilines is 3. The van der Waals surface area contributed by atoms with Crippen molar-refractivity contribution in [3.05, 3.63) is 89.5 Å². The molecule has 170 valence electrons. The third kappa shape index (κ3) is 5.46. The van der Waals surface area contributed by atoms with E-state index in [0.717, 1.165) is 11.6 Å². The Morgan fingerprint density at radius 2 is 1.55 bits per heavy atom. The number of benzene rings is 3. The number of amides is 4. The lowest BCUT2D eigenvalue weighted by atomic mass is 10.1. The summed E-state index contributed by atoms with van der Waals surface area (Å²) in [6.07, 6.45) is 0.716. The summed E-state index contributed by atoms with van der Waals surface area (Å²) in [5.74, 6) is -1.32. The smallest absolute Gasteiger partial charge is 0.320 e. The van der Waals surface area contributed by atoms with Crippen LogP contribution in [0.1, 0.15) is 17.5 Å². The van der Waals surface area contributed by atoms with Gasteiger partial charge >= 0.3 is 12.1 Å². The molecule has 1 heterocycles. The molecule has 0 unspecified atom stereocenters. The zero-order valence-corrected chi connectivity index (χ0v) is 18.1. The van der Waals surface area contributed by atoms with E-state index in [0.29, 0.717) is 36.6 Å². The van der Waals surface area contributed by atoms with E-state index in [4.69, 9.17) is 0 Å². The Morgan fingerprint density at radius 1 is 0.909 bits per heavy atom. The zero-order chi connectivity index (χ0) is 23.4. The van der Waals surface area contributed by atoms with Crippen LogP contribution in [0.3, 0.4) is 0 Å². The van der Waals surface area contributed by atoms with E-state index in [2.05, 4.69) is 10.6 Å². The summed E-state index contributed by atoms with van der Waals surface area (Å²) in [7, 11) is 0. The van der Waals surface area contributed by atoms with Gasteiger partial charge in [-0.2, -0.15) is 0 Å². The van der Waals surface area contributed by atoms with Gasteiger partial charge in [-0.3, -0.25) is 4.90 Å². The van der Waals surface area contributed by atoms with Gasteiger partial charge in [-0.05, 0) is 55.8 Å². The fraction of sp³-hybridized carbons (Fsp3) is 0.200. The molecule has 0 aromatic heterocycles. The number of hydrogen-bond donors (Lipinski definition) is 2. The van der Waals surface area contributed by atoms with Gasteiger partial charge in [-0.25, -0.2) is 18.4 Å². The molecule has 0 radical (unpaired) electrons. The molecule has 4 amide bonds. The highest BCUT2D eigenvalue weighted by molar-refractivity contribution is 6.00. The summed E-state index contributed by atoms with van der Waals surface area (Å²) in [6, 6.07) is 17.2. The SMILES string of the molecule is Cc1ccc(NC(=O)Nc2ccc(N3CCCN(Cc4ccc(F)cc4F)C3=O)cc2)cc1. The van der Waals surface area contributed by atoms with Crippen molar-refractivity contribution in [2.45, 2.75) is 19.9 Å². The molecule has 6 nitrogen and oxygen atoms in total. The average molecular weight is 450 g/mol. The molecule has 0 spiro atoms. The molecule has 0 atom stereocenters. The van der Waals surface area contributed by atoms with E-state index in [1.165, 1.54) is 12.1 Å². The molecular weight excluding hydrogens is 426 g/mol. The molecule has 0 saturated carbocycles. The first-order valence-electron chi connectivity index (χ1n) is 10.6. The molecule has 1 fully saturated rings. The number of nitrogens with one attached hydrogen (secondary N) is 2. The van der Waals surface area contributed by atoms with E-state index in [1.54, 1.807) is 34.1 Å². The molecule has 2 N–H and O–H groups in total. The number of carbonyl (C=O) groups excluding carboxylic acids is 2. The Bertz CT molecular complexity index is 1150. The Hall–Kier alpha value is -3.94. The van der Waals surface area contributed by atoms with Gasteiger partial charge in [0.05, 0.1) is 6.54 Å². The maximum absolute atomic E-state index is 14.0. The molecule has 3 aromatic carbocycles. The predicted molar refractivity (Wildman–Crippen MR) is 124 cm³/mol. The van der Waals surface area contributed by atoms with Gasteiger partial charge in [0.1, 0.15) is 11.6 Å². The van der Waals surface area contributed by atoms with Crippen molar-refractivity contribution in [3.8, 4) is 0 Å². The second kappa shape index (κ2) is 9.68. The molecule has 0 bridgehead atoms. The molecule has 33 heavy (non-hydrogen) atoms. The topological polar surface area (TPSA) is 64.7 Å². The van der Waals surface area contributed by atoms with E-state index >= 15 is 0 Å². The number of aryl methyl sites for hydroxylation is 1. The van der Waals surface area contributed by atoms with E-state index in [1.807, 2.05) is 31.2 Å². The highest BCUT2D eigenvalue weighted by atomic mass is 19.1. The van der Waals surface area contributed by atoms with Crippen LogP contribution in [0.25, 0.3) is 0 Å². The number of nitrogens with zero attached hydrogens (tertiary/aromatic N) is 2. The van der Waals surface area contributed by atoms with Crippen LogP contribution in [0.15, 0.2) is 66.7 Å². The van der Waals surface area contributed by atoms with Crippen LogP contribution >= 0.6 is 0 Å². The van der Waals surface area contributed by atoms with Crippen molar-refractivity contribution in [2.24, 2.45) is 0 Å². The minimum absolute atomic E-state index is 0.0697. The van der Waals surface area contributed by atoms with Crippen LogP contribution in [-0.4, -0.2) is 30.1 Å². The van der Waals surface area contributed by atoms with Crippen LogP contribution in [0.2, 0.25) is 0 Å². The zero-order valence-electron chi connectivity index (χ0n) is 18.1. The summed E-state index contributed by atoms with van der Waals surface area (Å²) < 4.78 is 27.2. The molecule has 4 rings (SSSR count). The molecule has 1 saturated heterocycles. The fourth-order valence-electron chi connectivity index (χ4n) is 3.68. The monoisotopic (exact) mass is 450 g/mol. The van der Waals surface area contributed by atoms with E-state index < -0.39 is 11.6 Å². The fourth-order valence-corrected chi connectivity index (χ4v) is 3.68. The number of carbonyl (C=O) groups is 2. The maximum Gasteiger partial charge on any atom is 0.324 e. The standard InChI is InChI=1S/C25H24F2N4O2/c1-17-3-7-20(8-4-17)28-24(32)29-21-9-11-22(12-10-21)31-14-2-13-30(25(31)33)16-18-5-6-19(26)15-23(18)27/h3-12,15H,2,13-14,16H2,1H3,(H2,28,29,32). The van der Waals surface area contributed by atoms with Gasteiger partial charge in [0.25, 0.3) is 0 Å². The van der Waals surface area contributed by atoms with Crippen molar-refractivity contribution in [3.63, 3.8) is 0 Å². The van der Waals surface area contributed by atoms with Crippen molar-refractivity contribution < 1.29 is 18.4 Å². The first-order valence-corrected chi connectivity index (χ1v) is 10.6. The van der Waals surface area contributed by atoms with Crippen LogP contribution in [0.5, 0.6) is 0 Å². The summed E-state index contributed by atoms with van der Waals surface area (Å²) in [6.45, 7) is 3.06. The summed E-state index contributed by atoms with van der Waals surface area (Å²) in [5.41, 5.74) is 3.31. The summed E-state index contributed by atoms with van der Waals surface area (Å²) in [4.78, 5) is 28.4. The van der Waals surface area contributed by atoms with E-state index in [-0.39, 0.29) is 24.2 Å². The lowest BCUT2D eigenvalue weighted by molar-refractivity contribution is 0.191. The van der Waals surface area contributed by atoms with Crippen LogP contribution in [-0.2, 0) is 6.54 Å². The highest BCUT2D eigenvalue weighted by Crippen LogP contribution is 2.24. The number of rotatable bonds is 5. The van der Waals surface area contributed by atoms with Gasteiger partial charge in [0.2, 0.25) is 0 Å². The van der Waals surface area contributed by atoms with Crippen LogP contribution in [0.4, 0.5) is 35.4 Å². The molecule has 3 aromatic rings. The largest absolute Gasteiger partial charge is 0.324 e. The quantitative estimate of drug-likeness (QED) is 0.520. The van der Waals surface area contributed by atoms with Crippen molar-refractivity contribution in [2.75, 3.05) is 28.6 Å². The van der Waals surface area contributed by atoms with Crippen LogP contribution < -0.4 is 15.5 Å². The summed E-state index contributed by atoms with van der Waals surface area (Å²) in [5, 5.41) is 5.53. The van der Waals surface area contributed by atoms with Gasteiger partial charge < -0.3 is 15.5 Å². The molecule has 1 aliphatic heterocycles.